The molecule has 0 radical (unpaired) electrons. The molecule has 0 saturated heterocycles. The molecule has 31 heavy (non-hydrogen) atoms. The maximum Gasteiger partial charge on any atom is 0.123 e. The predicted octanol–water partition coefficient (Wildman–Crippen LogP) is 6.53. The summed E-state index contributed by atoms with van der Waals surface area (Å²) in [6.45, 7) is 3.26. The molecule has 0 saturated carbocycles. The van der Waals surface area contributed by atoms with E-state index in [4.69, 9.17) is 11.6 Å². The van der Waals surface area contributed by atoms with Crippen molar-refractivity contribution in [3.63, 3.8) is 0 Å². The van der Waals surface area contributed by atoms with Gasteiger partial charge in [-0.2, -0.15) is 0 Å². The fourth-order valence-corrected chi connectivity index (χ4v) is 3.92. The minimum atomic E-state index is -0.191. The molecule has 5 heteroatoms. The normalized spacial score (nSPS) is 11.2. The van der Waals surface area contributed by atoms with Gasteiger partial charge in [0.15, 0.2) is 0 Å². The van der Waals surface area contributed by atoms with Crippen molar-refractivity contribution < 1.29 is 4.39 Å². The van der Waals surface area contributed by atoms with Crippen molar-refractivity contribution in [3.8, 4) is 0 Å². The van der Waals surface area contributed by atoms with Crippen molar-refractivity contribution in [3.05, 3.63) is 107 Å². The van der Waals surface area contributed by atoms with E-state index in [1.807, 2.05) is 36.4 Å². The first-order valence-corrected chi connectivity index (χ1v) is 10.8. The number of pyridine rings is 1. The van der Waals surface area contributed by atoms with Crippen molar-refractivity contribution in [2.75, 3.05) is 18.4 Å². The van der Waals surface area contributed by atoms with Gasteiger partial charge in [0.2, 0.25) is 0 Å². The van der Waals surface area contributed by atoms with E-state index >= 15 is 0 Å². The van der Waals surface area contributed by atoms with Crippen LogP contribution in [0.1, 0.15) is 17.5 Å². The molecule has 158 valence electrons. The van der Waals surface area contributed by atoms with E-state index in [0.29, 0.717) is 11.6 Å². The number of benzene rings is 3. The van der Waals surface area contributed by atoms with Gasteiger partial charge in [0.1, 0.15) is 5.82 Å². The van der Waals surface area contributed by atoms with Crippen LogP contribution in [0.15, 0.2) is 85.1 Å². The van der Waals surface area contributed by atoms with Crippen LogP contribution in [0.3, 0.4) is 0 Å². The number of rotatable bonds is 9. The quantitative estimate of drug-likeness (QED) is 0.304. The first-order valence-electron chi connectivity index (χ1n) is 10.5. The van der Waals surface area contributed by atoms with Crippen LogP contribution >= 0.6 is 11.6 Å². The lowest BCUT2D eigenvalue weighted by Gasteiger charge is -2.23. The van der Waals surface area contributed by atoms with Crippen molar-refractivity contribution in [2.45, 2.75) is 19.5 Å². The highest BCUT2D eigenvalue weighted by molar-refractivity contribution is 6.31. The number of anilines is 1. The van der Waals surface area contributed by atoms with E-state index in [1.54, 1.807) is 18.3 Å². The summed E-state index contributed by atoms with van der Waals surface area (Å²) in [4.78, 5) is 6.75. The average molecular weight is 434 g/mol. The van der Waals surface area contributed by atoms with Crippen molar-refractivity contribution in [1.82, 2.24) is 9.88 Å². The van der Waals surface area contributed by atoms with E-state index in [1.165, 1.54) is 11.6 Å². The minimum Gasteiger partial charge on any atom is -0.384 e. The Morgan fingerprint density at radius 2 is 1.68 bits per heavy atom. The molecule has 0 fully saturated rings. The van der Waals surface area contributed by atoms with E-state index in [2.05, 4.69) is 39.5 Å². The number of halogens is 2. The van der Waals surface area contributed by atoms with Gasteiger partial charge in [-0.3, -0.25) is 9.88 Å². The zero-order chi connectivity index (χ0) is 21.5. The molecule has 0 aliphatic rings. The molecule has 3 aromatic carbocycles. The van der Waals surface area contributed by atoms with Crippen LogP contribution in [0.2, 0.25) is 5.02 Å². The Kier molecular flexibility index (Phi) is 7.13. The monoisotopic (exact) mass is 433 g/mol. The van der Waals surface area contributed by atoms with Crippen LogP contribution in [-0.2, 0) is 13.1 Å². The molecule has 1 aromatic heterocycles. The topological polar surface area (TPSA) is 28.2 Å². The van der Waals surface area contributed by atoms with Gasteiger partial charge in [-0.1, -0.05) is 54.1 Å². The molecular weight excluding hydrogens is 409 g/mol. The number of aromatic nitrogens is 1. The number of nitrogens with one attached hydrogen (secondary N) is 1. The Labute approximate surface area is 187 Å². The summed E-state index contributed by atoms with van der Waals surface area (Å²) >= 11 is 6.09. The highest BCUT2D eigenvalue weighted by atomic mass is 35.5. The third kappa shape index (κ3) is 6.03. The summed E-state index contributed by atoms with van der Waals surface area (Å²) < 4.78 is 13.6. The molecule has 4 rings (SSSR count). The van der Waals surface area contributed by atoms with Crippen LogP contribution in [0, 0.1) is 5.82 Å². The Balaban J connectivity index is 1.39. The average Bonchev–Trinajstić information content (AvgIpc) is 2.77. The molecular formula is C26H25ClFN3. The van der Waals surface area contributed by atoms with Crippen molar-refractivity contribution >= 4 is 28.2 Å². The molecule has 1 N–H and O–H groups in total. The zero-order valence-corrected chi connectivity index (χ0v) is 18.0. The highest BCUT2D eigenvalue weighted by Crippen LogP contribution is 2.24. The van der Waals surface area contributed by atoms with Crippen molar-refractivity contribution in [2.24, 2.45) is 0 Å². The van der Waals surface area contributed by atoms with E-state index in [9.17, 15) is 4.39 Å². The molecule has 0 aliphatic heterocycles. The lowest BCUT2D eigenvalue weighted by atomic mass is 10.1. The SMILES string of the molecule is Fc1cccc(CN(CCCNc2ccnc3cc(Cl)ccc23)Cc2ccccc2)c1. The smallest absolute Gasteiger partial charge is 0.123 e. The fraction of sp³-hybridized carbons (Fsp3) is 0.192. The van der Waals surface area contributed by atoms with Gasteiger partial charge in [-0.15, -0.1) is 0 Å². The molecule has 0 amide bonds. The first kappa shape index (κ1) is 21.3. The van der Waals surface area contributed by atoms with Crippen LogP contribution in [0.25, 0.3) is 10.9 Å². The maximum absolute atomic E-state index is 13.6. The molecule has 0 spiro atoms. The van der Waals surface area contributed by atoms with Gasteiger partial charge in [-0.05, 0) is 53.9 Å². The van der Waals surface area contributed by atoms with Crippen molar-refractivity contribution in [1.29, 1.82) is 0 Å². The van der Waals surface area contributed by atoms with Gasteiger partial charge in [0.25, 0.3) is 0 Å². The molecule has 4 aromatic rings. The summed E-state index contributed by atoms with van der Waals surface area (Å²) in [6.07, 6.45) is 2.76. The van der Waals surface area contributed by atoms with E-state index in [0.717, 1.165) is 48.2 Å². The van der Waals surface area contributed by atoms with Crippen LogP contribution in [0.4, 0.5) is 10.1 Å². The zero-order valence-electron chi connectivity index (χ0n) is 17.3. The van der Waals surface area contributed by atoms with Gasteiger partial charge < -0.3 is 5.32 Å². The summed E-state index contributed by atoms with van der Waals surface area (Å²) in [6, 6.07) is 25.0. The first-order chi connectivity index (χ1) is 15.2. The summed E-state index contributed by atoms with van der Waals surface area (Å²) in [5.74, 6) is -0.191. The minimum absolute atomic E-state index is 0.191. The third-order valence-corrected chi connectivity index (χ3v) is 5.45. The highest BCUT2D eigenvalue weighted by Gasteiger charge is 2.09. The number of hydrogen-bond donors (Lipinski definition) is 1. The number of fused-ring (bicyclic) bond motifs is 1. The van der Waals surface area contributed by atoms with Gasteiger partial charge in [-0.25, -0.2) is 4.39 Å². The van der Waals surface area contributed by atoms with Crippen LogP contribution < -0.4 is 5.32 Å². The van der Waals surface area contributed by atoms with Gasteiger partial charge in [0, 0.05) is 48.5 Å². The lowest BCUT2D eigenvalue weighted by Crippen LogP contribution is -2.25. The fourth-order valence-electron chi connectivity index (χ4n) is 3.75. The van der Waals surface area contributed by atoms with E-state index < -0.39 is 0 Å². The summed E-state index contributed by atoms with van der Waals surface area (Å²) in [7, 11) is 0. The Hall–Kier alpha value is -2.95. The molecule has 0 unspecified atom stereocenters. The second-order valence-electron chi connectivity index (χ2n) is 7.63. The Morgan fingerprint density at radius 3 is 2.52 bits per heavy atom. The van der Waals surface area contributed by atoms with Gasteiger partial charge in [0.05, 0.1) is 5.52 Å². The number of nitrogens with zero attached hydrogens (tertiary/aromatic N) is 2. The maximum atomic E-state index is 13.6. The van der Waals surface area contributed by atoms with E-state index in [-0.39, 0.29) is 5.82 Å². The summed E-state index contributed by atoms with van der Waals surface area (Å²) in [5, 5.41) is 5.28. The molecule has 0 bridgehead atoms. The molecule has 0 atom stereocenters. The third-order valence-electron chi connectivity index (χ3n) is 5.22. The molecule has 3 nitrogen and oxygen atoms in total. The number of hydrogen-bond acceptors (Lipinski definition) is 3. The largest absolute Gasteiger partial charge is 0.384 e. The Morgan fingerprint density at radius 1 is 0.871 bits per heavy atom. The van der Waals surface area contributed by atoms with Crippen LogP contribution in [-0.4, -0.2) is 23.0 Å². The second kappa shape index (κ2) is 10.4. The van der Waals surface area contributed by atoms with Gasteiger partial charge >= 0.3 is 0 Å². The predicted molar refractivity (Wildman–Crippen MR) is 127 cm³/mol. The second-order valence-corrected chi connectivity index (χ2v) is 8.06. The Bertz CT molecular complexity index is 1130. The van der Waals surface area contributed by atoms with Crippen LogP contribution in [0.5, 0.6) is 0 Å². The summed E-state index contributed by atoms with van der Waals surface area (Å²) in [5.41, 5.74) is 4.18. The standard InChI is InChI=1S/C26H25ClFN3/c27-22-10-11-24-25(12-14-30-26(24)17-22)29-13-5-15-31(18-20-6-2-1-3-7-20)19-21-8-4-9-23(28)16-21/h1-4,6-12,14,16-17H,5,13,15,18-19H2,(H,29,30). The molecule has 1 heterocycles. The lowest BCUT2D eigenvalue weighted by molar-refractivity contribution is 0.255. The molecule has 0 aliphatic carbocycles.